The molecular formula is C14H25ClF2N2O2. The monoisotopic (exact) mass is 326 g/mol. The lowest BCUT2D eigenvalue weighted by Gasteiger charge is -2.30. The normalized spacial score (nSPS) is 27.5. The summed E-state index contributed by atoms with van der Waals surface area (Å²) in [5.41, 5.74) is 0. The molecule has 124 valence electrons. The molecular weight excluding hydrogens is 302 g/mol. The second kappa shape index (κ2) is 8.86. The van der Waals surface area contributed by atoms with E-state index in [0.717, 1.165) is 12.8 Å². The van der Waals surface area contributed by atoms with Gasteiger partial charge in [0.15, 0.2) is 0 Å². The summed E-state index contributed by atoms with van der Waals surface area (Å²) in [7, 11) is 1.51. The molecule has 2 bridgehead atoms. The molecule has 21 heavy (non-hydrogen) atoms. The molecule has 2 aliphatic rings. The maximum Gasteiger partial charge on any atom is 0.255 e. The van der Waals surface area contributed by atoms with Crippen molar-refractivity contribution in [3.8, 4) is 0 Å². The van der Waals surface area contributed by atoms with Gasteiger partial charge in [-0.2, -0.15) is 0 Å². The number of hydrogen-bond donors (Lipinski definition) is 1. The minimum Gasteiger partial charge on any atom is -0.383 e. The predicted molar refractivity (Wildman–Crippen MR) is 79.0 cm³/mol. The Balaban J connectivity index is 0.00000220. The Kier molecular flexibility index (Phi) is 7.84. The summed E-state index contributed by atoms with van der Waals surface area (Å²) in [6.45, 7) is 0.0629. The first-order valence-corrected chi connectivity index (χ1v) is 7.39. The first kappa shape index (κ1) is 18.6. The molecule has 1 amide bonds. The number of piperidine rings is 1. The molecule has 2 saturated heterocycles. The number of alkyl halides is 2. The number of ether oxygens (including phenoxy) is 1. The summed E-state index contributed by atoms with van der Waals surface area (Å²) in [5, 5.41) is 3.52. The van der Waals surface area contributed by atoms with Gasteiger partial charge in [0.1, 0.15) is 0 Å². The third kappa shape index (κ3) is 5.68. The van der Waals surface area contributed by atoms with Crippen LogP contribution >= 0.6 is 12.4 Å². The van der Waals surface area contributed by atoms with E-state index in [2.05, 4.69) is 5.32 Å². The maximum absolute atomic E-state index is 12.5. The van der Waals surface area contributed by atoms with E-state index in [9.17, 15) is 13.6 Å². The van der Waals surface area contributed by atoms with Crippen LogP contribution in [0.4, 0.5) is 8.78 Å². The minimum absolute atomic E-state index is 0. The van der Waals surface area contributed by atoms with E-state index < -0.39 is 13.0 Å². The number of methoxy groups -OCH3 is 1. The Morgan fingerprint density at radius 1 is 1.33 bits per heavy atom. The van der Waals surface area contributed by atoms with Gasteiger partial charge in [-0.3, -0.25) is 4.79 Å². The van der Waals surface area contributed by atoms with Crippen molar-refractivity contribution in [2.75, 3.05) is 26.8 Å². The number of nitrogens with one attached hydrogen (secondary N) is 1. The van der Waals surface area contributed by atoms with E-state index in [-0.39, 0.29) is 24.9 Å². The van der Waals surface area contributed by atoms with E-state index in [1.807, 2.05) is 0 Å². The molecule has 2 heterocycles. The van der Waals surface area contributed by atoms with E-state index in [1.165, 1.54) is 24.9 Å². The van der Waals surface area contributed by atoms with Crippen LogP contribution < -0.4 is 5.32 Å². The van der Waals surface area contributed by atoms with Crippen molar-refractivity contribution in [1.29, 1.82) is 0 Å². The first-order chi connectivity index (χ1) is 9.58. The molecule has 2 rings (SSSR count). The van der Waals surface area contributed by atoms with Gasteiger partial charge in [0, 0.05) is 32.2 Å². The second-order valence-corrected chi connectivity index (χ2v) is 5.90. The van der Waals surface area contributed by atoms with Crippen LogP contribution in [0.25, 0.3) is 0 Å². The van der Waals surface area contributed by atoms with Gasteiger partial charge in [-0.1, -0.05) is 0 Å². The van der Waals surface area contributed by atoms with Crippen molar-refractivity contribution in [2.24, 2.45) is 5.92 Å². The van der Waals surface area contributed by atoms with Gasteiger partial charge in [0.2, 0.25) is 5.91 Å². The molecule has 2 aliphatic heterocycles. The zero-order valence-electron chi connectivity index (χ0n) is 12.4. The number of halogens is 3. The summed E-state index contributed by atoms with van der Waals surface area (Å²) in [6.07, 6.45) is 2.26. The highest BCUT2D eigenvalue weighted by molar-refractivity contribution is 5.85. The lowest BCUT2D eigenvalue weighted by atomic mass is 9.89. The second-order valence-electron chi connectivity index (χ2n) is 5.90. The number of carbonyl (C=O) groups excluding carboxylic acids is 1. The van der Waals surface area contributed by atoms with Crippen molar-refractivity contribution < 1.29 is 18.3 Å². The van der Waals surface area contributed by atoms with E-state index in [0.29, 0.717) is 31.0 Å². The standard InChI is InChI=1S/C14H24F2N2O2.ClH/c1-20-5-4-18(9-13(15)16)14(19)8-10-6-11-2-3-12(7-10)17-11;/h10-13,17H,2-9H2,1H3;1H. The van der Waals surface area contributed by atoms with Crippen molar-refractivity contribution in [1.82, 2.24) is 10.2 Å². The maximum atomic E-state index is 12.5. The van der Waals surface area contributed by atoms with Gasteiger partial charge < -0.3 is 15.0 Å². The predicted octanol–water partition coefficient (Wildman–Crippen LogP) is 2.07. The van der Waals surface area contributed by atoms with Crippen LogP contribution in [0, 0.1) is 5.92 Å². The van der Waals surface area contributed by atoms with Crippen LogP contribution in [0.1, 0.15) is 32.1 Å². The van der Waals surface area contributed by atoms with Gasteiger partial charge in [-0.05, 0) is 31.6 Å². The van der Waals surface area contributed by atoms with Crippen LogP contribution in [0.15, 0.2) is 0 Å². The van der Waals surface area contributed by atoms with Crippen LogP contribution in [-0.4, -0.2) is 56.1 Å². The fourth-order valence-corrected chi connectivity index (χ4v) is 3.40. The smallest absolute Gasteiger partial charge is 0.255 e. The van der Waals surface area contributed by atoms with Crippen LogP contribution in [-0.2, 0) is 9.53 Å². The Bertz CT molecular complexity index is 322. The highest BCUT2D eigenvalue weighted by Crippen LogP contribution is 2.32. The van der Waals surface area contributed by atoms with Crippen LogP contribution in [0.5, 0.6) is 0 Å². The van der Waals surface area contributed by atoms with Crippen molar-refractivity contribution in [2.45, 2.75) is 50.6 Å². The fraction of sp³-hybridized carbons (Fsp3) is 0.929. The lowest BCUT2D eigenvalue weighted by Crippen LogP contribution is -2.42. The number of carbonyl (C=O) groups is 1. The average Bonchev–Trinajstić information content (AvgIpc) is 2.73. The zero-order valence-corrected chi connectivity index (χ0v) is 13.2. The Morgan fingerprint density at radius 2 is 1.95 bits per heavy atom. The third-order valence-corrected chi connectivity index (χ3v) is 4.31. The molecule has 0 radical (unpaired) electrons. The highest BCUT2D eigenvalue weighted by atomic mass is 35.5. The topological polar surface area (TPSA) is 41.6 Å². The molecule has 2 atom stereocenters. The molecule has 0 aromatic carbocycles. The number of fused-ring (bicyclic) bond motifs is 2. The molecule has 2 unspecified atom stereocenters. The molecule has 0 aromatic heterocycles. The lowest BCUT2D eigenvalue weighted by molar-refractivity contribution is -0.135. The summed E-state index contributed by atoms with van der Waals surface area (Å²) in [6, 6.07) is 1.04. The summed E-state index contributed by atoms with van der Waals surface area (Å²) >= 11 is 0. The molecule has 0 spiro atoms. The molecule has 0 aliphatic carbocycles. The summed E-state index contributed by atoms with van der Waals surface area (Å²) in [4.78, 5) is 13.5. The largest absolute Gasteiger partial charge is 0.383 e. The van der Waals surface area contributed by atoms with Crippen molar-refractivity contribution in [3.63, 3.8) is 0 Å². The van der Waals surface area contributed by atoms with E-state index in [1.54, 1.807) is 0 Å². The van der Waals surface area contributed by atoms with Crippen molar-refractivity contribution >= 4 is 18.3 Å². The minimum atomic E-state index is -2.49. The Morgan fingerprint density at radius 3 is 2.48 bits per heavy atom. The molecule has 4 nitrogen and oxygen atoms in total. The summed E-state index contributed by atoms with van der Waals surface area (Å²) < 4.78 is 30.0. The number of nitrogens with zero attached hydrogens (tertiary/aromatic N) is 1. The number of amides is 1. The molecule has 1 N–H and O–H groups in total. The zero-order chi connectivity index (χ0) is 14.5. The van der Waals surface area contributed by atoms with E-state index in [4.69, 9.17) is 4.74 Å². The van der Waals surface area contributed by atoms with Gasteiger partial charge in [0.25, 0.3) is 6.43 Å². The van der Waals surface area contributed by atoms with Crippen molar-refractivity contribution in [3.05, 3.63) is 0 Å². The number of rotatable bonds is 7. The Labute approximate surface area is 131 Å². The van der Waals surface area contributed by atoms with Gasteiger partial charge in [-0.15, -0.1) is 12.4 Å². The summed E-state index contributed by atoms with van der Waals surface area (Å²) in [5.74, 6) is 0.178. The molecule has 0 aromatic rings. The molecule has 0 saturated carbocycles. The SMILES string of the molecule is COCCN(CC(F)F)C(=O)CC1CC2CCC(C1)N2.Cl. The molecule has 7 heteroatoms. The van der Waals surface area contributed by atoms with Gasteiger partial charge >= 0.3 is 0 Å². The van der Waals surface area contributed by atoms with E-state index >= 15 is 0 Å². The van der Waals surface area contributed by atoms with Gasteiger partial charge in [-0.25, -0.2) is 8.78 Å². The molecule has 2 fully saturated rings. The van der Waals surface area contributed by atoms with Gasteiger partial charge in [0.05, 0.1) is 13.2 Å². The highest BCUT2D eigenvalue weighted by Gasteiger charge is 2.35. The average molecular weight is 327 g/mol. The fourth-order valence-electron chi connectivity index (χ4n) is 3.40. The van der Waals surface area contributed by atoms with Crippen LogP contribution in [0.3, 0.4) is 0 Å². The third-order valence-electron chi connectivity index (χ3n) is 4.31. The van der Waals surface area contributed by atoms with Crippen LogP contribution in [0.2, 0.25) is 0 Å². The number of hydrogen-bond acceptors (Lipinski definition) is 3. The Hall–Kier alpha value is -0.460. The first-order valence-electron chi connectivity index (χ1n) is 7.39. The quantitative estimate of drug-likeness (QED) is 0.778.